The van der Waals surface area contributed by atoms with Gasteiger partial charge in [0.05, 0.1) is 23.4 Å². The Hall–Kier alpha value is -2.58. The van der Waals surface area contributed by atoms with Crippen LogP contribution in [-0.2, 0) is 16.6 Å². The number of benzene rings is 2. The van der Waals surface area contributed by atoms with Crippen molar-refractivity contribution in [3.8, 4) is 5.75 Å². The summed E-state index contributed by atoms with van der Waals surface area (Å²) in [6, 6.07) is 14.7. The number of rotatable bonds is 7. The Labute approximate surface area is 168 Å². The van der Waals surface area contributed by atoms with Crippen LogP contribution in [0.3, 0.4) is 0 Å². The molecular weight excluding hydrogens is 396 g/mol. The van der Waals surface area contributed by atoms with Crippen molar-refractivity contribution in [2.75, 3.05) is 24.2 Å². The van der Waals surface area contributed by atoms with Crippen LogP contribution in [0.4, 0.5) is 5.69 Å². The number of anilines is 1. The first-order valence-electron chi connectivity index (χ1n) is 8.75. The van der Waals surface area contributed by atoms with E-state index in [1.807, 2.05) is 30.3 Å². The fourth-order valence-electron chi connectivity index (χ4n) is 2.71. The molecule has 2 aromatic carbocycles. The first kappa shape index (κ1) is 20.2. The SMILES string of the molecule is CCS(=O)(=O)N(C)c1ccc2sc(C(=O)NCc3ccc(OC)cc3)cc2c1. The van der Waals surface area contributed by atoms with E-state index in [1.54, 1.807) is 32.2 Å². The maximum absolute atomic E-state index is 12.5. The van der Waals surface area contributed by atoms with Crippen molar-refractivity contribution in [3.63, 3.8) is 0 Å². The van der Waals surface area contributed by atoms with Crippen molar-refractivity contribution in [1.82, 2.24) is 5.32 Å². The Morgan fingerprint density at radius 1 is 1.14 bits per heavy atom. The fraction of sp³-hybridized carbons (Fsp3) is 0.250. The fourth-order valence-corrected chi connectivity index (χ4v) is 4.49. The van der Waals surface area contributed by atoms with Crippen molar-refractivity contribution in [2.45, 2.75) is 13.5 Å². The summed E-state index contributed by atoms with van der Waals surface area (Å²) < 4.78 is 31.5. The number of ether oxygens (including phenoxy) is 1. The number of thiophene rings is 1. The van der Waals surface area contributed by atoms with Gasteiger partial charge in [0.25, 0.3) is 5.91 Å². The standard InChI is InChI=1S/C20H22N2O4S2/c1-4-28(24,25)22(2)16-7-10-18-15(11-16)12-19(27-18)20(23)21-13-14-5-8-17(26-3)9-6-14/h5-12H,4,13H2,1-3H3,(H,21,23). The highest BCUT2D eigenvalue weighted by atomic mass is 32.2. The van der Waals surface area contributed by atoms with E-state index in [9.17, 15) is 13.2 Å². The molecule has 6 nitrogen and oxygen atoms in total. The number of fused-ring (bicyclic) bond motifs is 1. The van der Waals surface area contributed by atoms with E-state index in [2.05, 4.69) is 5.32 Å². The van der Waals surface area contributed by atoms with Crippen LogP contribution in [0, 0.1) is 0 Å². The van der Waals surface area contributed by atoms with Gasteiger partial charge < -0.3 is 10.1 Å². The molecule has 3 rings (SSSR count). The topological polar surface area (TPSA) is 75.7 Å². The van der Waals surface area contributed by atoms with E-state index in [-0.39, 0.29) is 11.7 Å². The summed E-state index contributed by atoms with van der Waals surface area (Å²) in [5.74, 6) is 0.642. The molecule has 0 saturated carbocycles. The zero-order valence-electron chi connectivity index (χ0n) is 15.9. The third kappa shape index (κ3) is 4.28. The second kappa shape index (κ2) is 8.20. The Bertz CT molecular complexity index is 1090. The van der Waals surface area contributed by atoms with E-state index in [0.29, 0.717) is 17.1 Å². The highest BCUT2D eigenvalue weighted by Gasteiger charge is 2.17. The van der Waals surface area contributed by atoms with Crippen LogP contribution in [0.5, 0.6) is 5.75 Å². The number of sulfonamides is 1. The number of nitrogens with one attached hydrogen (secondary N) is 1. The minimum Gasteiger partial charge on any atom is -0.497 e. The molecule has 148 valence electrons. The van der Waals surface area contributed by atoms with E-state index >= 15 is 0 Å². The summed E-state index contributed by atoms with van der Waals surface area (Å²) in [5.41, 5.74) is 1.56. The summed E-state index contributed by atoms with van der Waals surface area (Å²) in [6.07, 6.45) is 0. The number of methoxy groups -OCH3 is 1. The Morgan fingerprint density at radius 2 is 1.86 bits per heavy atom. The number of hydrogen-bond donors (Lipinski definition) is 1. The maximum Gasteiger partial charge on any atom is 0.261 e. The minimum atomic E-state index is -3.33. The lowest BCUT2D eigenvalue weighted by Gasteiger charge is -2.18. The number of nitrogens with zero attached hydrogens (tertiary/aromatic N) is 1. The molecule has 1 amide bonds. The monoisotopic (exact) mass is 418 g/mol. The molecule has 0 aliphatic rings. The quantitative estimate of drug-likeness (QED) is 0.636. The van der Waals surface area contributed by atoms with Crippen LogP contribution in [0.2, 0.25) is 0 Å². The van der Waals surface area contributed by atoms with E-state index in [0.717, 1.165) is 21.4 Å². The third-order valence-corrected chi connectivity index (χ3v) is 7.37. The van der Waals surface area contributed by atoms with Crippen molar-refractivity contribution >= 4 is 43.0 Å². The molecular formula is C20H22N2O4S2. The zero-order chi connectivity index (χ0) is 20.3. The van der Waals surface area contributed by atoms with E-state index in [4.69, 9.17) is 4.74 Å². The van der Waals surface area contributed by atoms with Crippen molar-refractivity contribution in [3.05, 3.63) is 59.0 Å². The van der Waals surface area contributed by atoms with Gasteiger partial charge in [-0.2, -0.15) is 0 Å². The van der Waals surface area contributed by atoms with E-state index in [1.165, 1.54) is 22.7 Å². The maximum atomic E-state index is 12.5. The third-order valence-electron chi connectivity index (χ3n) is 4.48. The Kier molecular flexibility index (Phi) is 5.90. The van der Waals surface area contributed by atoms with Crippen molar-refractivity contribution in [2.24, 2.45) is 0 Å². The van der Waals surface area contributed by atoms with Gasteiger partial charge >= 0.3 is 0 Å². The van der Waals surface area contributed by atoms with Gasteiger partial charge in [-0.05, 0) is 54.3 Å². The predicted octanol–water partition coefficient (Wildman–Crippen LogP) is 3.63. The van der Waals surface area contributed by atoms with Gasteiger partial charge in [0.1, 0.15) is 5.75 Å². The summed E-state index contributed by atoms with van der Waals surface area (Å²) in [5, 5.41) is 3.75. The van der Waals surface area contributed by atoms with Gasteiger partial charge in [-0.15, -0.1) is 11.3 Å². The molecule has 1 aromatic heterocycles. The molecule has 0 saturated heterocycles. The summed E-state index contributed by atoms with van der Waals surface area (Å²) in [7, 11) is -0.178. The largest absolute Gasteiger partial charge is 0.497 e. The van der Waals surface area contributed by atoms with Gasteiger partial charge in [0.2, 0.25) is 10.0 Å². The summed E-state index contributed by atoms with van der Waals surface area (Å²) in [4.78, 5) is 13.1. The van der Waals surface area contributed by atoms with E-state index < -0.39 is 10.0 Å². The number of amides is 1. The molecule has 1 heterocycles. The number of carbonyl (C=O) groups is 1. The average Bonchev–Trinajstić information content (AvgIpc) is 3.15. The highest BCUT2D eigenvalue weighted by molar-refractivity contribution is 7.92. The molecule has 0 spiro atoms. The lowest BCUT2D eigenvalue weighted by molar-refractivity contribution is 0.0955. The lowest BCUT2D eigenvalue weighted by Crippen LogP contribution is -2.27. The van der Waals surface area contributed by atoms with Crippen molar-refractivity contribution in [1.29, 1.82) is 0 Å². The minimum absolute atomic E-state index is 0.0319. The van der Waals surface area contributed by atoms with Crippen molar-refractivity contribution < 1.29 is 17.9 Å². The average molecular weight is 419 g/mol. The highest BCUT2D eigenvalue weighted by Crippen LogP contribution is 2.30. The van der Waals surface area contributed by atoms with Crippen LogP contribution in [0.1, 0.15) is 22.2 Å². The number of carbonyl (C=O) groups excluding carboxylic acids is 1. The van der Waals surface area contributed by atoms with Crippen LogP contribution < -0.4 is 14.4 Å². The van der Waals surface area contributed by atoms with Crippen LogP contribution >= 0.6 is 11.3 Å². The normalized spacial score (nSPS) is 11.4. The van der Waals surface area contributed by atoms with Crippen LogP contribution in [0.15, 0.2) is 48.5 Å². The lowest BCUT2D eigenvalue weighted by atomic mass is 10.2. The van der Waals surface area contributed by atoms with Crippen LogP contribution in [0.25, 0.3) is 10.1 Å². The van der Waals surface area contributed by atoms with Crippen LogP contribution in [-0.4, -0.2) is 34.2 Å². The molecule has 0 bridgehead atoms. The predicted molar refractivity (Wildman–Crippen MR) is 114 cm³/mol. The second-order valence-electron chi connectivity index (χ2n) is 6.23. The smallest absolute Gasteiger partial charge is 0.261 e. The first-order chi connectivity index (χ1) is 13.3. The van der Waals surface area contributed by atoms with Gasteiger partial charge in [-0.25, -0.2) is 8.42 Å². The summed E-state index contributed by atoms with van der Waals surface area (Å²) >= 11 is 1.38. The zero-order valence-corrected chi connectivity index (χ0v) is 17.6. The first-order valence-corrected chi connectivity index (χ1v) is 11.2. The molecule has 28 heavy (non-hydrogen) atoms. The molecule has 8 heteroatoms. The molecule has 0 radical (unpaired) electrons. The molecule has 0 aliphatic heterocycles. The Balaban J connectivity index is 1.75. The van der Waals surface area contributed by atoms with Gasteiger partial charge in [0.15, 0.2) is 0 Å². The molecule has 0 fully saturated rings. The number of hydrogen-bond acceptors (Lipinski definition) is 5. The molecule has 0 unspecified atom stereocenters. The Morgan fingerprint density at radius 3 is 2.50 bits per heavy atom. The van der Waals surface area contributed by atoms with Gasteiger partial charge in [-0.1, -0.05) is 12.1 Å². The second-order valence-corrected chi connectivity index (χ2v) is 9.60. The molecule has 0 aliphatic carbocycles. The van der Waals surface area contributed by atoms with Gasteiger partial charge in [-0.3, -0.25) is 9.10 Å². The molecule has 3 aromatic rings. The molecule has 0 atom stereocenters. The van der Waals surface area contributed by atoms with Gasteiger partial charge in [0, 0.05) is 18.3 Å². The summed E-state index contributed by atoms with van der Waals surface area (Å²) in [6.45, 7) is 2.03. The molecule has 1 N–H and O–H groups in total.